The van der Waals surface area contributed by atoms with Gasteiger partial charge in [0, 0.05) is 0 Å². The minimum atomic E-state index is 0.103. The molecule has 0 fully saturated rings. The van der Waals surface area contributed by atoms with Gasteiger partial charge in [0.1, 0.15) is 0 Å². The Morgan fingerprint density at radius 2 is 2.24 bits per heavy atom. The first-order valence-electron chi connectivity index (χ1n) is 5.88. The van der Waals surface area contributed by atoms with Crippen molar-refractivity contribution >= 4 is 0 Å². The fourth-order valence-electron chi connectivity index (χ4n) is 2.18. The van der Waals surface area contributed by atoms with E-state index in [-0.39, 0.29) is 6.04 Å². The van der Waals surface area contributed by atoms with Gasteiger partial charge in [-0.25, -0.2) is 0 Å². The van der Waals surface area contributed by atoms with Crippen LogP contribution >= 0.6 is 0 Å². The zero-order valence-corrected chi connectivity index (χ0v) is 9.97. The van der Waals surface area contributed by atoms with E-state index >= 15 is 0 Å². The Morgan fingerprint density at radius 1 is 1.41 bits per heavy atom. The Balaban J connectivity index is 1.86. The number of rotatable bonds is 3. The molecular weight excluding hydrogens is 214 g/mol. The Morgan fingerprint density at radius 3 is 3.00 bits per heavy atom. The first-order chi connectivity index (χ1) is 8.29. The summed E-state index contributed by atoms with van der Waals surface area (Å²) in [7, 11) is 1.88. The van der Waals surface area contributed by atoms with Crippen LogP contribution in [-0.2, 0) is 6.42 Å². The number of nitrogens with zero attached hydrogens (tertiary/aromatic N) is 2. The van der Waals surface area contributed by atoms with Gasteiger partial charge in [0.25, 0.3) is 0 Å². The first kappa shape index (κ1) is 10.5. The quantitative estimate of drug-likeness (QED) is 0.875. The predicted octanol–water partition coefficient (Wildman–Crippen LogP) is 2.04. The number of aromatic nitrogens is 2. The second kappa shape index (κ2) is 3.96. The minimum Gasteiger partial charge on any atom is -0.338 e. The van der Waals surface area contributed by atoms with Crippen LogP contribution in [-0.4, -0.2) is 17.2 Å². The first-order valence-corrected chi connectivity index (χ1v) is 5.88. The molecule has 0 spiro atoms. The number of hydrogen-bond acceptors (Lipinski definition) is 4. The highest BCUT2D eigenvalue weighted by molar-refractivity contribution is 5.43. The molecule has 0 bridgehead atoms. The van der Waals surface area contributed by atoms with E-state index < -0.39 is 0 Å². The molecule has 4 nitrogen and oxygen atoms in total. The smallest absolute Gasteiger partial charge is 0.243 e. The van der Waals surface area contributed by atoms with Crippen molar-refractivity contribution in [3.8, 4) is 0 Å². The van der Waals surface area contributed by atoms with E-state index in [2.05, 4.69) is 39.7 Å². The lowest BCUT2D eigenvalue weighted by Gasteiger charge is -2.27. The van der Waals surface area contributed by atoms with E-state index in [9.17, 15) is 0 Å². The molecule has 3 rings (SSSR count). The summed E-state index contributed by atoms with van der Waals surface area (Å²) in [5.74, 6) is 1.78. The Kier molecular flexibility index (Phi) is 2.44. The molecule has 2 unspecified atom stereocenters. The van der Waals surface area contributed by atoms with E-state index in [0.29, 0.717) is 11.8 Å². The lowest BCUT2D eigenvalue weighted by molar-refractivity contribution is 0.341. The average molecular weight is 229 g/mol. The van der Waals surface area contributed by atoms with Gasteiger partial charge in [0.05, 0.1) is 12.0 Å². The standard InChI is InChI=1S/C13H15N3O/c1-8(14-2)13-15-12(16-17-13)11-7-9-5-3-4-6-10(9)11/h3-6,8,11,14H,7H2,1-2H3. The summed E-state index contributed by atoms with van der Waals surface area (Å²) >= 11 is 0. The summed E-state index contributed by atoms with van der Waals surface area (Å²) < 4.78 is 5.27. The second-order valence-corrected chi connectivity index (χ2v) is 4.46. The van der Waals surface area contributed by atoms with Gasteiger partial charge in [-0.3, -0.25) is 0 Å². The summed E-state index contributed by atoms with van der Waals surface area (Å²) in [4.78, 5) is 4.46. The molecule has 1 N–H and O–H groups in total. The maximum absolute atomic E-state index is 5.27. The van der Waals surface area contributed by atoms with E-state index in [1.807, 2.05) is 14.0 Å². The normalized spacial score (nSPS) is 19.5. The van der Waals surface area contributed by atoms with Crippen LogP contribution in [0.2, 0.25) is 0 Å². The maximum Gasteiger partial charge on any atom is 0.243 e. The van der Waals surface area contributed by atoms with Crippen LogP contribution < -0.4 is 5.32 Å². The van der Waals surface area contributed by atoms with Crippen LogP contribution in [0.4, 0.5) is 0 Å². The molecule has 2 atom stereocenters. The van der Waals surface area contributed by atoms with Crippen LogP contribution in [0.1, 0.15) is 41.7 Å². The fourth-order valence-corrected chi connectivity index (χ4v) is 2.18. The zero-order valence-electron chi connectivity index (χ0n) is 9.97. The van der Waals surface area contributed by atoms with E-state index in [1.165, 1.54) is 11.1 Å². The van der Waals surface area contributed by atoms with Gasteiger partial charge < -0.3 is 9.84 Å². The molecule has 0 radical (unpaired) electrons. The molecule has 1 aromatic carbocycles. The zero-order chi connectivity index (χ0) is 11.8. The summed E-state index contributed by atoms with van der Waals surface area (Å²) in [5.41, 5.74) is 2.72. The Bertz CT molecular complexity index is 535. The van der Waals surface area contributed by atoms with Gasteiger partial charge in [0.15, 0.2) is 5.82 Å². The van der Waals surface area contributed by atoms with Gasteiger partial charge in [-0.1, -0.05) is 29.4 Å². The summed E-state index contributed by atoms with van der Waals surface area (Å²) in [6.45, 7) is 2.01. The molecule has 88 valence electrons. The van der Waals surface area contributed by atoms with E-state index in [0.717, 1.165) is 12.2 Å². The molecule has 4 heteroatoms. The minimum absolute atomic E-state index is 0.103. The number of fused-ring (bicyclic) bond motifs is 1. The predicted molar refractivity (Wildman–Crippen MR) is 63.8 cm³/mol. The van der Waals surface area contributed by atoms with Crippen molar-refractivity contribution < 1.29 is 4.52 Å². The SMILES string of the molecule is CNC(C)c1nc(C2Cc3ccccc32)no1. The molecule has 1 aliphatic rings. The highest BCUT2D eigenvalue weighted by atomic mass is 16.5. The molecule has 17 heavy (non-hydrogen) atoms. The van der Waals surface area contributed by atoms with Gasteiger partial charge in [-0.2, -0.15) is 4.98 Å². The maximum atomic E-state index is 5.27. The highest BCUT2D eigenvalue weighted by Gasteiger charge is 2.31. The number of benzene rings is 1. The lowest BCUT2D eigenvalue weighted by Crippen LogP contribution is -2.19. The van der Waals surface area contributed by atoms with Crippen molar-refractivity contribution in [2.24, 2.45) is 0 Å². The third kappa shape index (κ3) is 1.65. The molecule has 0 saturated heterocycles. The summed E-state index contributed by atoms with van der Waals surface area (Å²) in [6, 6.07) is 8.53. The number of hydrogen-bond donors (Lipinski definition) is 1. The largest absolute Gasteiger partial charge is 0.338 e. The van der Waals surface area contributed by atoms with Crippen molar-refractivity contribution in [2.45, 2.75) is 25.3 Å². The van der Waals surface area contributed by atoms with Crippen LogP contribution in [0, 0.1) is 0 Å². The Labute approximate surface area is 100 Å². The Hall–Kier alpha value is -1.68. The van der Waals surface area contributed by atoms with Crippen molar-refractivity contribution in [3.05, 3.63) is 47.1 Å². The van der Waals surface area contributed by atoms with Crippen molar-refractivity contribution in [1.29, 1.82) is 0 Å². The second-order valence-electron chi connectivity index (χ2n) is 4.46. The van der Waals surface area contributed by atoms with Crippen molar-refractivity contribution in [1.82, 2.24) is 15.5 Å². The fraction of sp³-hybridized carbons (Fsp3) is 0.385. The monoisotopic (exact) mass is 229 g/mol. The average Bonchev–Trinajstić information content (AvgIpc) is 2.79. The van der Waals surface area contributed by atoms with Gasteiger partial charge in [0.2, 0.25) is 5.89 Å². The van der Waals surface area contributed by atoms with Crippen LogP contribution in [0.3, 0.4) is 0 Å². The molecule has 0 saturated carbocycles. The van der Waals surface area contributed by atoms with E-state index in [4.69, 9.17) is 4.52 Å². The molecule has 1 aromatic heterocycles. The van der Waals surface area contributed by atoms with Crippen molar-refractivity contribution in [3.63, 3.8) is 0 Å². The molecule has 1 heterocycles. The van der Waals surface area contributed by atoms with Crippen molar-refractivity contribution in [2.75, 3.05) is 7.05 Å². The van der Waals surface area contributed by atoms with Gasteiger partial charge in [-0.05, 0) is 31.5 Å². The summed E-state index contributed by atoms with van der Waals surface area (Å²) in [6.07, 6.45) is 1.02. The van der Waals surface area contributed by atoms with Crippen LogP contribution in [0.5, 0.6) is 0 Å². The third-order valence-corrected chi connectivity index (χ3v) is 3.43. The van der Waals surface area contributed by atoms with Gasteiger partial charge >= 0.3 is 0 Å². The third-order valence-electron chi connectivity index (χ3n) is 3.43. The topological polar surface area (TPSA) is 51.0 Å². The summed E-state index contributed by atoms with van der Waals surface area (Å²) in [5, 5.41) is 7.17. The van der Waals surface area contributed by atoms with Crippen LogP contribution in [0.15, 0.2) is 28.8 Å². The highest BCUT2D eigenvalue weighted by Crippen LogP contribution is 2.38. The molecule has 1 aliphatic carbocycles. The molecular formula is C13H15N3O. The molecule has 0 aliphatic heterocycles. The number of nitrogens with one attached hydrogen (secondary N) is 1. The van der Waals surface area contributed by atoms with Crippen LogP contribution in [0.25, 0.3) is 0 Å². The molecule has 0 amide bonds. The van der Waals surface area contributed by atoms with E-state index in [1.54, 1.807) is 0 Å². The van der Waals surface area contributed by atoms with Gasteiger partial charge in [-0.15, -0.1) is 0 Å². The lowest BCUT2D eigenvalue weighted by atomic mass is 9.77. The molecule has 2 aromatic rings.